The number of nitriles is 1. The zero-order valence-corrected chi connectivity index (χ0v) is 21.2. The largest absolute Gasteiger partial charge is 0.497 e. The SMILES string of the molecule is COc1ccc(Nc2nn3c(N)c(C#N)c(-c4ccc(C)cc4)nc3c2C(=O)Nc2ccc(Cl)cc2)cc1. The fourth-order valence-electron chi connectivity index (χ4n) is 3.93. The second-order valence-corrected chi connectivity index (χ2v) is 8.91. The molecule has 0 spiro atoms. The molecule has 10 heteroatoms. The molecule has 0 saturated carbocycles. The number of hydrogen-bond donors (Lipinski definition) is 3. The molecule has 0 bridgehead atoms. The summed E-state index contributed by atoms with van der Waals surface area (Å²) < 4.78 is 6.53. The van der Waals surface area contributed by atoms with Crippen molar-refractivity contribution in [2.24, 2.45) is 0 Å². The first kappa shape index (κ1) is 24.6. The Hall–Kier alpha value is -5.07. The average Bonchev–Trinajstić information content (AvgIpc) is 3.29. The van der Waals surface area contributed by atoms with Gasteiger partial charge in [-0.3, -0.25) is 4.79 Å². The van der Waals surface area contributed by atoms with Crippen molar-refractivity contribution in [1.29, 1.82) is 5.26 Å². The van der Waals surface area contributed by atoms with E-state index in [0.29, 0.717) is 33.4 Å². The first-order chi connectivity index (χ1) is 18.4. The first-order valence-corrected chi connectivity index (χ1v) is 11.9. The van der Waals surface area contributed by atoms with E-state index in [-0.39, 0.29) is 28.4 Å². The minimum absolute atomic E-state index is 0.0661. The van der Waals surface area contributed by atoms with Crippen LogP contribution in [0.15, 0.2) is 72.8 Å². The summed E-state index contributed by atoms with van der Waals surface area (Å²) in [5, 5.41) is 21.1. The molecule has 0 radical (unpaired) electrons. The molecule has 0 aliphatic rings. The van der Waals surface area contributed by atoms with Crippen molar-refractivity contribution in [3.8, 4) is 23.1 Å². The van der Waals surface area contributed by atoms with E-state index in [2.05, 4.69) is 21.8 Å². The summed E-state index contributed by atoms with van der Waals surface area (Å²) in [6, 6.07) is 23.6. The lowest BCUT2D eigenvalue weighted by atomic mass is 10.1. The summed E-state index contributed by atoms with van der Waals surface area (Å²) in [6.07, 6.45) is 0. The number of halogens is 1. The topological polar surface area (TPSA) is 130 Å². The highest BCUT2D eigenvalue weighted by Crippen LogP contribution is 2.32. The summed E-state index contributed by atoms with van der Waals surface area (Å²) in [7, 11) is 1.58. The molecule has 5 aromatic rings. The van der Waals surface area contributed by atoms with Gasteiger partial charge in [-0.25, -0.2) is 4.98 Å². The van der Waals surface area contributed by atoms with Crippen LogP contribution in [0.3, 0.4) is 0 Å². The third kappa shape index (κ3) is 4.68. The Balaban J connectivity index is 1.69. The summed E-state index contributed by atoms with van der Waals surface area (Å²) in [4.78, 5) is 18.4. The molecular formula is C28H22ClN7O2. The Labute approximate surface area is 223 Å². The van der Waals surface area contributed by atoms with Crippen LogP contribution in [0, 0.1) is 18.3 Å². The minimum Gasteiger partial charge on any atom is -0.497 e. The monoisotopic (exact) mass is 523 g/mol. The number of methoxy groups -OCH3 is 1. The number of rotatable bonds is 6. The Kier molecular flexibility index (Phi) is 6.56. The number of carbonyl (C=O) groups is 1. The van der Waals surface area contributed by atoms with Crippen LogP contribution in [0.5, 0.6) is 5.75 Å². The standard InChI is InChI=1S/C28H22ClN7O2/c1-16-3-5-17(6-4-16)24-22(15-30)25(31)36-27(34-24)23(28(37)33-20-9-7-18(29)8-10-20)26(35-36)32-19-11-13-21(38-2)14-12-19/h3-14H,31H2,1-2H3,(H,32,35)(H,33,37). The van der Waals surface area contributed by atoms with Gasteiger partial charge in [-0.2, -0.15) is 9.78 Å². The fourth-order valence-corrected chi connectivity index (χ4v) is 4.06. The smallest absolute Gasteiger partial charge is 0.263 e. The van der Waals surface area contributed by atoms with Crippen LogP contribution in [0.4, 0.5) is 23.0 Å². The second-order valence-electron chi connectivity index (χ2n) is 8.47. The second kappa shape index (κ2) is 10.1. The molecule has 2 heterocycles. The normalized spacial score (nSPS) is 10.7. The van der Waals surface area contributed by atoms with Gasteiger partial charge in [0.1, 0.15) is 28.8 Å². The molecule has 38 heavy (non-hydrogen) atoms. The average molecular weight is 524 g/mol. The van der Waals surface area contributed by atoms with Crippen molar-refractivity contribution in [1.82, 2.24) is 14.6 Å². The number of nitrogens with two attached hydrogens (primary N) is 1. The molecule has 0 unspecified atom stereocenters. The molecule has 4 N–H and O–H groups in total. The molecule has 0 fully saturated rings. The number of aryl methyl sites for hydroxylation is 1. The molecule has 5 rings (SSSR count). The van der Waals surface area contributed by atoms with Gasteiger partial charge < -0.3 is 21.1 Å². The number of hydrogen-bond acceptors (Lipinski definition) is 7. The first-order valence-electron chi connectivity index (χ1n) is 11.5. The maximum absolute atomic E-state index is 13.6. The van der Waals surface area contributed by atoms with Crippen LogP contribution < -0.4 is 21.1 Å². The number of nitrogen functional groups attached to an aromatic ring is 1. The van der Waals surface area contributed by atoms with Crippen molar-refractivity contribution in [3.63, 3.8) is 0 Å². The van der Waals surface area contributed by atoms with Crippen LogP contribution in [-0.4, -0.2) is 27.6 Å². The molecule has 0 saturated heterocycles. The van der Waals surface area contributed by atoms with E-state index in [4.69, 9.17) is 27.1 Å². The lowest BCUT2D eigenvalue weighted by molar-refractivity contribution is 0.102. The van der Waals surface area contributed by atoms with Gasteiger partial charge in [0.2, 0.25) is 0 Å². The molecule has 3 aromatic carbocycles. The van der Waals surface area contributed by atoms with Crippen molar-refractivity contribution < 1.29 is 9.53 Å². The van der Waals surface area contributed by atoms with Crippen molar-refractivity contribution in [2.45, 2.75) is 6.92 Å². The zero-order valence-electron chi connectivity index (χ0n) is 20.5. The maximum atomic E-state index is 13.6. The van der Waals surface area contributed by atoms with E-state index in [1.165, 1.54) is 4.52 Å². The minimum atomic E-state index is -0.468. The number of nitrogens with zero attached hydrogens (tertiary/aromatic N) is 4. The van der Waals surface area contributed by atoms with E-state index < -0.39 is 5.91 Å². The summed E-state index contributed by atoms with van der Waals surface area (Å²) in [6.45, 7) is 1.97. The quantitative estimate of drug-likeness (QED) is 0.256. The van der Waals surface area contributed by atoms with Crippen LogP contribution in [0.25, 0.3) is 16.9 Å². The van der Waals surface area contributed by atoms with Crippen LogP contribution in [-0.2, 0) is 0 Å². The van der Waals surface area contributed by atoms with Gasteiger partial charge in [0.05, 0.1) is 12.8 Å². The molecule has 1 amide bonds. The van der Waals surface area contributed by atoms with Gasteiger partial charge in [0, 0.05) is 22.0 Å². The molecule has 9 nitrogen and oxygen atoms in total. The number of anilines is 4. The number of amides is 1. The third-order valence-electron chi connectivity index (χ3n) is 5.92. The molecule has 188 valence electrons. The molecular weight excluding hydrogens is 502 g/mol. The third-order valence-corrected chi connectivity index (χ3v) is 6.17. The summed E-state index contributed by atoms with van der Waals surface area (Å²) >= 11 is 6.00. The van der Waals surface area contributed by atoms with Gasteiger partial charge in [-0.15, -0.1) is 5.10 Å². The lowest BCUT2D eigenvalue weighted by Crippen LogP contribution is -2.14. The number of carbonyl (C=O) groups excluding carboxylic acids is 1. The number of nitrogens with one attached hydrogen (secondary N) is 2. The summed E-state index contributed by atoms with van der Waals surface area (Å²) in [5.74, 6) is 0.491. The van der Waals surface area contributed by atoms with Gasteiger partial charge in [-0.05, 0) is 55.5 Å². The summed E-state index contributed by atoms with van der Waals surface area (Å²) in [5.41, 5.74) is 10.2. The van der Waals surface area contributed by atoms with Crippen molar-refractivity contribution >= 4 is 46.2 Å². The highest BCUT2D eigenvalue weighted by Gasteiger charge is 2.26. The molecule has 0 aliphatic carbocycles. The van der Waals surface area contributed by atoms with Crippen molar-refractivity contribution in [2.75, 3.05) is 23.5 Å². The van der Waals surface area contributed by atoms with Gasteiger partial charge in [0.25, 0.3) is 5.91 Å². The van der Waals surface area contributed by atoms with Gasteiger partial charge in [0.15, 0.2) is 11.5 Å². The Morgan fingerprint density at radius 1 is 1.03 bits per heavy atom. The van der Waals surface area contributed by atoms with E-state index in [0.717, 1.165) is 5.56 Å². The van der Waals surface area contributed by atoms with E-state index in [1.807, 2.05) is 31.2 Å². The number of benzene rings is 3. The Bertz CT molecular complexity index is 1690. The Morgan fingerprint density at radius 3 is 2.32 bits per heavy atom. The molecule has 2 aromatic heterocycles. The fraction of sp³-hybridized carbons (Fsp3) is 0.0714. The van der Waals surface area contributed by atoms with E-state index in [9.17, 15) is 10.1 Å². The van der Waals surface area contributed by atoms with Crippen LogP contribution in [0.1, 0.15) is 21.5 Å². The molecule has 0 atom stereocenters. The highest BCUT2D eigenvalue weighted by atomic mass is 35.5. The Morgan fingerprint density at radius 2 is 1.68 bits per heavy atom. The van der Waals surface area contributed by atoms with Gasteiger partial charge >= 0.3 is 0 Å². The lowest BCUT2D eigenvalue weighted by Gasteiger charge is -2.10. The van der Waals surface area contributed by atoms with Crippen LogP contribution >= 0.6 is 11.6 Å². The number of fused-ring (bicyclic) bond motifs is 1. The van der Waals surface area contributed by atoms with Crippen LogP contribution in [0.2, 0.25) is 5.02 Å². The van der Waals surface area contributed by atoms with E-state index in [1.54, 1.807) is 55.6 Å². The zero-order chi connectivity index (χ0) is 26.8. The number of aromatic nitrogens is 3. The van der Waals surface area contributed by atoms with Gasteiger partial charge in [-0.1, -0.05) is 41.4 Å². The predicted molar refractivity (Wildman–Crippen MR) is 148 cm³/mol. The van der Waals surface area contributed by atoms with E-state index >= 15 is 0 Å². The van der Waals surface area contributed by atoms with Crippen molar-refractivity contribution in [3.05, 3.63) is 94.5 Å². The molecule has 0 aliphatic heterocycles. The highest BCUT2D eigenvalue weighted by molar-refractivity contribution is 6.30. The number of ether oxygens (including phenoxy) is 1. The predicted octanol–water partition coefficient (Wildman–Crippen LogP) is 5.82. The maximum Gasteiger partial charge on any atom is 0.263 e.